The zero-order valence-corrected chi connectivity index (χ0v) is 6.77. The number of rotatable bonds is 3. The van der Waals surface area contributed by atoms with Gasteiger partial charge >= 0.3 is 0 Å². The first-order chi connectivity index (χ1) is 5.74. The molecular formula is C9H13NO2. The van der Waals surface area contributed by atoms with Gasteiger partial charge in [-0.15, -0.1) is 0 Å². The number of benzene rings is 1. The van der Waals surface area contributed by atoms with Crippen LogP contribution in [-0.2, 0) is 0 Å². The molecule has 0 fully saturated rings. The Morgan fingerprint density at radius 2 is 2.17 bits per heavy atom. The van der Waals surface area contributed by atoms with Gasteiger partial charge in [0.1, 0.15) is 5.75 Å². The zero-order valence-electron chi connectivity index (χ0n) is 6.77. The van der Waals surface area contributed by atoms with Crippen LogP contribution in [0.4, 0.5) is 0 Å². The molecule has 3 nitrogen and oxygen atoms in total. The third-order valence-corrected chi connectivity index (χ3v) is 1.74. The molecule has 1 atom stereocenters. The summed E-state index contributed by atoms with van der Waals surface area (Å²) in [5.74, 6) is 0.209. The third kappa shape index (κ3) is 2.22. The number of nitrogens with two attached hydrogens (primary N) is 1. The summed E-state index contributed by atoms with van der Waals surface area (Å²) in [6.45, 7) is 0.0663. The van der Waals surface area contributed by atoms with E-state index in [-0.39, 0.29) is 18.4 Å². The average molecular weight is 167 g/mol. The fourth-order valence-corrected chi connectivity index (χ4v) is 1.06. The molecule has 0 bridgehead atoms. The number of aliphatic hydroxyl groups is 1. The number of hydrogen-bond donors (Lipinski definition) is 3. The van der Waals surface area contributed by atoms with Gasteiger partial charge in [-0.1, -0.05) is 12.1 Å². The normalized spacial score (nSPS) is 12.8. The Hall–Kier alpha value is -1.06. The smallest absolute Gasteiger partial charge is 0.115 e. The van der Waals surface area contributed by atoms with E-state index >= 15 is 0 Å². The van der Waals surface area contributed by atoms with Crippen molar-refractivity contribution in [2.75, 3.05) is 6.61 Å². The lowest BCUT2D eigenvalue weighted by Crippen LogP contribution is -2.11. The first-order valence-electron chi connectivity index (χ1n) is 3.89. The lowest BCUT2D eigenvalue weighted by Gasteiger charge is -2.09. The van der Waals surface area contributed by atoms with Gasteiger partial charge in [0, 0.05) is 12.6 Å². The SMILES string of the molecule is NC(CCO)c1cccc(O)c1. The van der Waals surface area contributed by atoms with Crippen LogP contribution in [0.15, 0.2) is 24.3 Å². The molecule has 0 aliphatic heterocycles. The highest BCUT2D eigenvalue weighted by molar-refractivity contribution is 5.29. The van der Waals surface area contributed by atoms with Gasteiger partial charge < -0.3 is 15.9 Å². The summed E-state index contributed by atoms with van der Waals surface area (Å²) in [4.78, 5) is 0. The van der Waals surface area contributed by atoms with Crippen LogP contribution in [-0.4, -0.2) is 16.8 Å². The van der Waals surface area contributed by atoms with E-state index in [1.165, 1.54) is 0 Å². The van der Waals surface area contributed by atoms with Crippen LogP contribution in [0.1, 0.15) is 18.0 Å². The van der Waals surface area contributed by atoms with E-state index in [0.717, 1.165) is 5.56 Å². The highest BCUT2D eigenvalue weighted by Gasteiger charge is 2.04. The van der Waals surface area contributed by atoms with Crippen LogP contribution in [0.3, 0.4) is 0 Å². The molecular weight excluding hydrogens is 154 g/mol. The van der Waals surface area contributed by atoms with Crippen LogP contribution in [0.25, 0.3) is 0 Å². The molecule has 0 amide bonds. The number of aliphatic hydroxyl groups excluding tert-OH is 1. The van der Waals surface area contributed by atoms with Crippen molar-refractivity contribution in [1.82, 2.24) is 0 Å². The van der Waals surface area contributed by atoms with Crippen LogP contribution in [0, 0.1) is 0 Å². The van der Waals surface area contributed by atoms with Gasteiger partial charge in [0.05, 0.1) is 0 Å². The average Bonchev–Trinajstić information content (AvgIpc) is 2.05. The van der Waals surface area contributed by atoms with Crippen molar-refractivity contribution in [2.24, 2.45) is 5.73 Å². The van der Waals surface area contributed by atoms with Gasteiger partial charge in [-0.05, 0) is 24.1 Å². The predicted molar refractivity (Wildman–Crippen MR) is 46.7 cm³/mol. The van der Waals surface area contributed by atoms with E-state index in [2.05, 4.69) is 0 Å². The Balaban J connectivity index is 2.73. The summed E-state index contributed by atoms with van der Waals surface area (Å²) in [6.07, 6.45) is 0.517. The number of phenolic OH excluding ortho intramolecular Hbond substituents is 1. The summed E-state index contributed by atoms with van der Waals surface area (Å²) in [6, 6.07) is 6.58. The molecule has 1 aromatic rings. The molecule has 4 N–H and O–H groups in total. The molecule has 1 unspecified atom stereocenters. The van der Waals surface area contributed by atoms with Crippen molar-refractivity contribution in [3.8, 4) is 5.75 Å². The lowest BCUT2D eigenvalue weighted by molar-refractivity contribution is 0.276. The van der Waals surface area contributed by atoms with Gasteiger partial charge in [-0.3, -0.25) is 0 Å². The van der Waals surface area contributed by atoms with Gasteiger partial charge in [0.15, 0.2) is 0 Å². The Morgan fingerprint density at radius 1 is 1.42 bits per heavy atom. The van der Waals surface area contributed by atoms with Gasteiger partial charge in [0.25, 0.3) is 0 Å². The topological polar surface area (TPSA) is 66.5 Å². The zero-order chi connectivity index (χ0) is 8.97. The Morgan fingerprint density at radius 3 is 2.75 bits per heavy atom. The Bertz CT molecular complexity index is 250. The molecule has 66 valence electrons. The fourth-order valence-electron chi connectivity index (χ4n) is 1.06. The second-order valence-corrected chi connectivity index (χ2v) is 2.71. The van der Waals surface area contributed by atoms with Crippen LogP contribution in [0.5, 0.6) is 5.75 Å². The van der Waals surface area contributed by atoms with Gasteiger partial charge in [-0.25, -0.2) is 0 Å². The molecule has 0 aromatic heterocycles. The Kier molecular flexibility index (Phi) is 3.08. The summed E-state index contributed by atoms with van der Waals surface area (Å²) in [5, 5.41) is 17.7. The third-order valence-electron chi connectivity index (χ3n) is 1.74. The molecule has 0 aliphatic carbocycles. The van der Waals surface area contributed by atoms with Crippen molar-refractivity contribution in [2.45, 2.75) is 12.5 Å². The van der Waals surface area contributed by atoms with Crippen LogP contribution < -0.4 is 5.73 Å². The number of aromatic hydroxyl groups is 1. The molecule has 12 heavy (non-hydrogen) atoms. The molecule has 0 radical (unpaired) electrons. The maximum atomic E-state index is 9.11. The van der Waals surface area contributed by atoms with Crippen molar-refractivity contribution >= 4 is 0 Å². The second kappa shape index (κ2) is 4.09. The number of hydrogen-bond acceptors (Lipinski definition) is 3. The number of phenols is 1. The van der Waals surface area contributed by atoms with E-state index in [1.54, 1.807) is 18.2 Å². The van der Waals surface area contributed by atoms with E-state index in [4.69, 9.17) is 15.9 Å². The van der Waals surface area contributed by atoms with E-state index in [1.807, 2.05) is 6.07 Å². The largest absolute Gasteiger partial charge is 0.508 e. The summed E-state index contributed by atoms with van der Waals surface area (Å²) in [7, 11) is 0. The minimum Gasteiger partial charge on any atom is -0.508 e. The van der Waals surface area contributed by atoms with Crippen LogP contribution >= 0.6 is 0 Å². The quantitative estimate of drug-likeness (QED) is 0.623. The molecule has 3 heteroatoms. The minimum atomic E-state index is -0.193. The standard InChI is InChI=1S/C9H13NO2/c10-9(4-5-11)7-2-1-3-8(12)6-7/h1-3,6,9,11-12H,4-5,10H2. The molecule has 0 saturated carbocycles. The van der Waals surface area contributed by atoms with Crippen LogP contribution in [0.2, 0.25) is 0 Å². The van der Waals surface area contributed by atoms with E-state index < -0.39 is 0 Å². The second-order valence-electron chi connectivity index (χ2n) is 2.71. The predicted octanol–water partition coefficient (Wildman–Crippen LogP) is 0.774. The van der Waals surface area contributed by atoms with Crippen molar-refractivity contribution < 1.29 is 10.2 Å². The molecule has 0 saturated heterocycles. The fraction of sp³-hybridized carbons (Fsp3) is 0.333. The maximum absolute atomic E-state index is 9.11. The van der Waals surface area contributed by atoms with Crippen molar-refractivity contribution in [3.63, 3.8) is 0 Å². The Labute approximate surface area is 71.5 Å². The summed E-state index contributed by atoms with van der Waals surface area (Å²) in [5.41, 5.74) is 6.55. The van der Waals surface area contributed by atoms with E-state index in [9.17, 15) is 0 Å². The van der Waals surface area contributed by atoms with E-state index in [0.29, 0.717) is 6.42 Å². The highest BCUT2D eigenvalue weighted by Crippen LogP contribution is 2.18. The highest BCUT2D eigenvalue weighted by atomic mass is 16.3. The van der Waals surface area contributed by atoms with Gasteiger partial charge in [-0.2, -0.15) is 0 Å². The minimum absolute atomic E-state index is 0.0663. The summed E-state index contributed by atoms with van der Waals surface area (Å²) < 4.78 is 0. The monoisotopic (exact) mass is 167 g/mol. The molecule has 1 aromatic carbocycles. The summed E-state index contributed by atoms with van der Waals surface area (Å²) >= 11 is 0. The first kappa shape index (κ1) is 9.03. The maximum Gasteiger partial charge on any atom is 0.115 e. The first-order valence-corrected chi connectivity index (χ1v) is 3.89. The molecule has 1 rings (SSSR count). The molecule has 0 spiro atoms. The van der Waals surface area contributed by atoms with Crippen molar-refractivity contribution in [1.29, 1.82) is 0 Å². The van der Waals surface area contributed by atoms with Gasteiger partial charge in [0.2, 0.25) is 0 Å². The lowest BCUT2D eigenvalue weighted by atomic mass is 10.1. The molecule has 0 aliphatic rings. The molecule has 0 heterocycles. The van der Waals surface area contributed by atoms with Crippen molar-refractivity contribution in [3.05, 3.63) is 29.8 Å².